The van der Waals surface area contributed by atoms with Gasteiger partial charge in [-0.25, -0.2) is 5.43 Å². The first-order valence-electron chi connectivity index (χ1n) is 8.10. The molecule has 24 heavy (non-hydrogen) atoms. The molecule has 0 spiro atoms. The number of benzene rings is 1. The summed E-state index contributed by atoms with van der Waals surface area (Å²) in [5, 5.41) is 0. The van der Waals surface area contributed by atoms with Crippen molar-refractivity contribution >= 4 is 11.8 Å². The standard InChI is InChI=1S/C18H21N3O3/c1-13-15(9-12-24-13)17(22)20-19-16(14-7-3-2-4-8-14)18(23)21-10-5-6-11-21/h2-4,7-9,12,16,19H,5-6,10-11H2,1H3,(H,20,22). The molecule has 0 bridgehead atoms. The van der Waals surface area contributed by atoms with Gasteiger partial charge in [-0.3, -0.25) is 15.0 Å². The fourth-order valence-electron chi connectivity index (χ4n) is 2.88. The number of rotatable bonds is 5. The summed E-state index contributed by atoms with van der Waals surface area (Å²) < 4.78 is 5.14. The van der Waals surface area contributed by atoms with Gasteiger partial charge in [-0.15, -0.1) is 0 Å². The number of amides is 2. The van der Waals surface area contributed by atoms with Crippen molar-refractivity contribution in [1.82, 2.24) is 15.8 Å². The van der Waals surface area contributed by atoms with Gasteiger partial charge in [-0.2, -0.15) is 0 Å². The van der Waals surface area contributed by atoms with Gasteiger partial charge in [0.2, 0.25) is 5.91 Å². The number of nitrogens with zero attached hydrogens (tertiary/aromatic N) is 1. The Bertz CT molecular complexity index is 705. The molecular formula is C18H21N3O3. The molecule has 1 aromatic heterocycles. The van der Waals surface area contributed by atoms with Gasteiger partial charge in [0.15, 0.2) is 0 Å². The lowest BCUT2D eigenvalue weighted by Gasteiger charge is -2.24. The quantitative estimate of drug-likeness (QED) is 0.826. The van der Waals surface area contributed by atoms with Gasteiger partial charge in [0.25, 0.3) is 5.91 Å². The zero-order valence-electron chi connectivity index (χ0n) is 13.6. The number of hydrogen-bond donors (Lipinski definition) is 2. The van der Waals surface area contributed by atoms with Crippen LogP contribution in [0.2, 0.25) is 0 Å². The van der Waals surface area contributed by atoms with E-state index in [0.717, 1.165) is 31.5 Å². The highest BCUT2D eigenvalue weighted by molar-refractivity contribution is 5.95. The molecule has 0 aliphatic carbocycles. The molecule has 2 amide bonds. The van der Waals surface area contributed by atoms with Gasteiger partial charge in [0.05, 0.1) is 11.8 Å². The molecule has 0 saturated carbocycles. The summed E-state index contributed by atoms with van der Waals surface area (Å²) in [6.07, 6.45) is 3.51. The van der Waals surface area contributed by atoms with E-state index in [1.807, 2.05) is 35.2 Å². The lowest BCUT2D eigenvalue weighted by molar-refractivity contribution is -0.132. The number of nitrogens with one attached hydrogen (secondary N) is 2. The zero-order valence-corrected chi connectivity index (χ0v) is 13.6. The summed E-state index contributed by atoms with van der Waals surface area (Å²) in [5.74, 6) is 0.191. The van der Waals surface area contributed by atoms with Crippen LogP contribution in [0.15, 0.2) is 47.1 Å². The number of carbonyl (C=O) groups is 2. The lowest BCUT2D eigenvalue weighted by atomic mass is 10.1. The normalized spacial score (nSPS) is 15.3. The highest BCUT2D eigenvalue weighted by Crippen LogP contribution is 2.19. The largest absolute Gasteiger partial charge is 0.469 e. The summed E-state index contributed by atoms with van der Waals surface area (Å²) >= 11 is 0. The van der Waals surface area contributed by atoms with Crippen LogP contribution < -0.4 is 10.9 Å². The number of likely N-dealkylation sites (tertiary alicyclic amines) is 1. The Labute approximate surface area is 140 Å². The Morgan fingerprint density at radius 1 is 1.12 bits per heavy atom. The molecule has 1 atom stereocenters. The Morgan fingerprint density at radius 2 is 1.83 bits per heavy atom. The second-order valence-corrected chi connectivity index (χ2v) is 5.87. The lowest BCUT2D eigenvalue weighted by Crippen LogP contribution is -2.47. The smallest absolute Gasteiger partial charge is 0.268 e. The van der Waals surface area contributed by atoms with Crippen LogP contribution >= 0.6 is 0 Å². The fourth-order valence-corrected chi connectivity index (χ4v) is 2.88. The van der Waals surface area contributed by atoms with E-state index >= 15 is 0 Å². The van der Waals surface area contributed by atoms with Crippen molar-refractivity contribution < 1.29 is 14.0 Å². The summed E-state index contributed by atoms with van der Waals surface area (Å²) in [6, 6.07) is 10.4. The van der Waals surface area contributed by atoms with Gasteiger partial charge >= 0.3 is 0 Å². The van der Waals surface area contributed by atoms with Crippen LogP contribution in [0.1, 0.15) is 40.6 Å². The first-order valence-corrected chi connectivity index (χ1v) is 8.10. The minimum atomic E-state index is -0.611. The van der Waals surface area contributed by atoms with Crippen LogP contribution in [0.4, 0.5) is 0 Å². The number of aryl methyl sites for hydroxylation is 1. The van der Waals surface area contributed by atoms with E-state index in [0.29, 0.717) is 11.3 Å². The number of hydrogen-bond acceptors (Lipinski definition) is 4. The van der Waals surface area contributed by atoms with Gasteiger partial charge in [-0.05, 0) is 31.4 Å². The zero-order chi connectivity index (χ0) is 16.9. The fraction of sp³-hybridized carbons (Fsp3) is 0.333. The van der Waals surface area contributed by atoms with Crippen LogP contribution in [0.5, 0.6) is 0 Å². The predicted molar refractivity (Wildman–Crippen MR) is 89.0 cm³/mol. The molecule has 2 N–H and O–H groups in total. The average molecular weight is 327 g/mol. The summed E-state index contributed by atoms with van der Waals surface area (Å²) in [7, 11) is 0. The first kappa shape index (κ1) is 16.3. The van der Waals surface area contributed by atoms with Crippen LogP contribution in [0, 0.1) is 6.92 Å². The monoisotopic (exact) mass is 327 g/mol. The molecule has 1 fully saturated rings. The maximum atomic E-state index is 12.8. The highest BCUT2D eigenvalue weighted by Gasteiger charge is 2.28. The van der Waals surface area contributed by atoms with E-state index in [-0.39, 0.29) is 11.8 Å². The van der Waals surface area contributed by atoms with Gasteiger partial charge in [0, 0.05) is 13.1 Å². The second kappa shape index (κ2) is 7.31. The molecule has 1 saturated heterocycles. The van der Waals surface area contributed by atoms with Crippen LogP contribution in [-0.2, 0) is 4.79 Å². The van der Waals surface area contributed by atoms with E-state index in [2.05, 4.69) is 10.9 Å². The third-order valence-electron chi connectivity index (χ3n) is 4.23. The van der Waals surface area contributed by atoms with E-state index in [1.54, 1.807) is 13.0 Å². The second-order valence-electron chi connectivity index (χ2n) is 5.87. The highest BCUT2D eigenvalue weighted by atomic mass is 16.3. The third kappa shape index (κ3) is 3.49. The number of carbonyl (C=O) groups excluding carboxylic acids is 2. The summed E-state index contributed by atoms with van der Waals surface area (Å²) in [5.41, 5.74) is 6.79. The molecule has 1 aliphatic rings. The Kier molecular flexibility index (Phi) is 4.96. The van der Waals surface area contributed by atoms with Gasteiger partial charge in [0.1, 0.15) is 11.8 Å². The minimum Gasteiger partial charge on any atom is -0.469 e. The molecule has 2 heterocycles. The van der Waals surface area contributed by atoms with Crippen molar-refractivity contribution in [1.29, 1.82) is 0 Å². The molecule has 0 radical (unpaired) electrons. The van der Waals surface area contributed by atoms with Crippen molar-refractivity contribution in [3.8, 4) is 0 Å². The maximum Gasteiger partial charge on any atom is 0.268 e. The molecule has 6 nitrogen and oxygen atoms in total. The van der Waals surface area contributed by atoms with Gasteiger partial charge in [-0.1, -0.05) is 30.3 Å². The number of furan rings is 1. The third-order valence-corrected chi connectivity index (χ3v) is 4.23. The van der Waals surface area contributed by atoms with Crippen LogP contribution in [0.25, 0.3) is 0 Å². The Balaban J connectivity index is 1.74. The van der Waals surface area contributed by atoms with E-state index in [9.17, 15) is 9.59 Å². The molecule has 6 heteroatoms. The van der Waals surface area contributed by atoms with Crippen LogP contribution in [0.3, 0.4) is 0 Å². The average Bonchev–Trinajstić information content (AvgIpc) is 3.27. The Morgan fingerprint density at radius 3 is 2.46 bits per heavy atom. The van der Waals surface area contributed by atoms with Crippen molar-refractivity contribution in [2.75, 3.05) is 13.1 Å². The van der Waals surface area contributed by atoms with E-state index in [1.165, 1.54) is 6.26 Å². The predicted octanol–water partition coefficient (Wildman–Crippen LogP) is 2.19. The van der Waals surface area contributed by atoms with Crippen LogP contribution in [-0.4, -0.2) is 29.8 Å². The van der Waals surface area contributed by atoms with Crippen molar-refractivity contribution in [2.45, 2.75) is 25.8 Å². The van der Waals surface area contributed by atoms with Gasteiger partial charge < -0.3 is 9.32 Å². The van der Waals surface area contributed by atoms with Crippen molar-refractivity contribution in [3.63, 3.8) is 0 Å². The number of hydrazine groups is 1. The maximum absolute atomic E-state index is 12.8. The molecule has 1 unspecified atom stereocenters. The summed E-state index contributed by atoms with van der Waals surface area (Å²) in [4.78, 5) is 26.9. The SMILES string of the molecule is Cc1occc1C(=O)NNC(C(=O)N1CCCC1)c1ccccc1. The van der Waals surface area contributed by atoms with E-state index < -0.39 is 6.04 Å². The molecule has 1 aromatic carbocycles. The van der Waals surface area contributed by atoms with Crippen molar-refractivity contribution in [3.05, 3.63) is 59.5 Å². The Hall–Kier alpha value is -2.60. The molecule has 2 aromatic rings. The first-order chi connectivity index (χ1) is 11.7. The minimum absolute atomic E-state index is 0.0251. The molecular weight excluding hydrogens is 306 g/mol. The molecule has 1 aliphatic heterocycles. The molecule has 3 rings (SSSR count). The van der Waals surface area contributed by atoms with E-state index in [4.69, 9.17) is 4.42 Å². The molecule has 126 valence electrons. The summed E-state index contributed by atoms with van der Waals surface area (Å²) in [6.45, 7) is 3.25. The topological polar surface area (TPSA) is 74.6 Å². The van der Waals surface area contributed by atoms with Crippen molar-refractivity contribution in [2.24, 2.45) is 0 Å².